The number of rotatable bonds is 9. The second-order valence-corrected chi connectivity index (χ2v) is 7.96. The summed E-state index contributed by atoms with van der Waals surface area (Å²) in [4.78, 5) is 4.92. The number of fused-ring (bicyclic) bond motifs is 1. The van der Waals surface area contributed by atoms with Crippen LogP contribution in [0, 0.1) is 13.8 Å². The van der Waals surface area contributed by atoms with Crippen molar-refractivity contribution in [3.05, 3.63) is 95.3 Å². The zero-order valence-electron chi connectivity index (χ0n) is 18.0. The van der Waals surface area contributed by atoms with Gasteiger partial charge < -0.3 is 9.30 Å². The van der Waals surface area contributed by atoms with Gasteiger partial charge in [-0.25, -0.2) is 4.98 Å². The van der Waals surface area contributed by atoms with Crippen molar-refractivity contribution in [2.24, 2.45) is 0 Å². The van der Waals surface area contributed by atoms with Crippen LogP contribution in [0.25, 0.3) is 11.0 Å². The van der Waals surface area contributed by atoms with Crippen LogP contribution in [0.1, 0.15) is 35.4 Å². The van der Waals surface area contributed by atoms with Gasteiger partial charge in [-0.3, -0.25) is 0 Å². The summed E-state index contributed by atoms with van der Waals surface area (Å²) in [5.41, 5.74) is 6.26. The minimum Gasteiger partial charge on any atom is -0.494 e. The molecule has 0 unspecified atom stereocenters. The molecule has 0 saturated carbocycles. The third-order valence-electron chi connectivity index (χ3n) is 5.74. The van der Waals surface area contributed by atoms with Crippen molar-refractivity contribution in [3.8, 4) is 5.75 Å². The summed E-state index contributed by atoms with van der Waals surface area (Å²) in [5.74, 6) is 2.14. The Hall–Kier alpha value is -3.07. The van der Waals surface area contributed by atoms with E-state index in [9.17, 15) is 0 Å². The van der Waals surface area contributed by atoms with E-state index in [-0.39, 0.29) is 0 Å². The monoisotopic (exact) mass is 398 g/mol. The third-order valence-corrected chi connectivity index (χ3v) is 5.74. The van der Waals surface area contributed by atoms with E-state index < -0.39 is 0 Å². The van der Waals surface area contributed by atoms with Crippen molar-refractivity contribution in [1.29, 1.82) is 0 Å². The molecule has 154 valence electrons. The van der Waals surface area contributed by atoms with Crippen LogP contribution in [-0.4, -0.2) is 16.2 Å². The first-order valence-electron chi connectivity index (χ1n) is 10.9. The lowest BCUT2D eigenvalue weighted by atomic mass is 10.1. The van der Waals surface area contributed by atoms with E-state index in [1.54, 1.807) is 0 Å². The Morgan fingerprint density at radius 1 is 0.800 bits per heavy atom. The number of aryl methyl sites for hydroxylation is 5. The molecule has 0 aliphatic carbocycles. The molecule has 0 spiro atoms. The topological polar surface area (TPSA) is 27.1 Å². The van der Waals surface area contributed by atoms with Gasteiger partial charge in [0.25, 0.3) is 0 Å². The van der Waals surface area contributed by atoms with E-state index in [1.807, 2.05) is 0 Å². The summed E-state index contributed by atoms with van der Waals surface area (Å²) in [5, 5.41) is 0. The Kier molecular flexibility index (Phi) is 6.48. The average molecular weight is 399 g/mol. The lowest BCUT2D eigenvalue weighted by Crippen LogP contribution is -2.07. The largest absolute Gasteiger partial charge is 0.494 e. The SMILES string of the molecule is Cc1ccc(OCCCCn2c(CCc3ccccc3)nc3ccccc32)cc1C. The lowest BCUT2D eigenvalue weighted by molar-refractivity contribution is 0.303. The first-order valence-corrected chi connectivity index (χ1v) is 10.9. The highest BCUT2D eigenvalue weighted by molar-refractivity contribution is 5.75. The molecule has 3 aromatic carbocycles. The average Bonchev–Trinajstić information content (AvgIpc) is 3.13. The molecule has 0 radical (unpaired) electrons. The molecule has 0 N–H and O–H groups in total. The van der Waals surface area contributed by atoms with Crippen molar-refractivity contribution >= 4 is 11.0 Å². The van der Waals surface area contributed by atoms with E-state index in [0.29, 0.717) is 0 Å². The minimum absolute atomic E-state index is 0.745. The molecule has 0 bridgehead atoms. The summed E-state index contributed by atoms with van der Waals surface area (Å²) in [6.45, 7) is 5.97. The second kappa shape index (κ2) is 9.62. The third kappa shape index (κ3) is 4.91. The van der Waals surface area contributed by atoms with Gasteiger partial charge in [0.05, 0.1) is 17.6 Å². The highest BCUT2D eigenvalue weighted by Crippen LogP contribution is 2.20. The molecule has 4 rings (SSSR count). The standard InChI is InChI=1S/C27H30N2O/c1-21-14-16-24(20-22(21)2)30-19-9-8-18-29-26-13-7-6-12-25(26)28-27(29)17-15-23-10-4-3-5-11-23/h3-7,10-14,16,20H,8-9,15,17-19H2,1-2H3. The van der Waals surface area contributed by atoms with Crippen molar-refractivity contribution in [2.45, 2.75) is 46.1 Å². The fourth-order valence-electron chi connectivity index (χ4n) is 3.83. The molecule has 3 nitrogen and oxygen atoms in total. The molecule has 3 heteroatoms. The molecule has 0 fully saturated rings. The highest BCUT2D eigenvalue weighted by atomic mass is 16.5. The molecule has 1 aromatic heterocycles. The van der Waals surface area contributed by atoms with Crippen LogP contribution in [0.2, 0.25) is 0 Å². The Labute approximate surface area is 179 Å². The van der Waals surface area contributed by atoms with Crippen LogP contribution in [0.4, 0.5) is 0 Å². The minimum atomic E-state index is 0.745. The zero-order valence-corrected chi connectivity index (χ0v) is 18.0. The van der Waals surface area contributed by atoms with Crippen molar-refractivity contribution in [2.75, 3.05) is 6.61 Å². The quantitative estimate of drug-likeness (QED) is 0.309. The van der Waals surface area contributed by atoms with Crippen LogP contribution < -0.4 is 4.74 Å². The van der Waals surface area contributed by atoms with E-state index in [0.717, 1.165) is 50.1 Å². The second-order valence-electron chi connectivity index (χ2n) is 7.96. The number of ether oxygens (including phenoxy) is 1. The number of unbranched alkanes of at least 4 members (excludes halogenated alkanes) is 1. The molecule has 0 saturated heterocycles. The highest BCUT2D eigenvalue weighted by Gasteiger charge is 2.10. The maximum atomic E-state index is 5.96. The molecule has 0 aliphatic heterocycles. The Morgan fingerprint density at radius 3 is 2.43 bits per heavy atom. The van der Waals surface area contributed by atoms with Crippen LogP contribution in [0.5, 0.6) is 5.75 Å². The van der Waals surface area contributed by atoms with E-state index in [2.05, 4.69) is 91.2 Å². The maximum absolute atomic E-state index is 5.96. The predicted octanol–water partition coefficient (Wildman–Crippen LogP) is 6.30. The lowest BCUT2D eigenvalue weighted by Gasteiger charge is -2.11. The van der Waals surface area contributed by atoms with Gasteiger partial charge in [-0.05, 0) is 74.1 Å². The van der Waals surface area contributed by atoms with Gasteiger partial charge in [0.15, 0.2) is 0 Å². The molecule has 0 amide bonds. The van der Waals surface area contributed by atoms with Gasteiger partial charge in [-0.15, -0.1) is 0 Å². The Bertz CT molecular complexity index is 1100. The summed E-state index contributed by atoms with van der Waals surface area (Å²) in [6.07, 6.45) is 4.07. The first kappa shape index (κ1) is 20.2. The van der Waals surface area contributed by atoms with Crippen molar-refractivity contribution in [3.63, 3.8) is 0 Å². The molecule has 1 heterocycles. The number of hydrogen-bond donors (Lipinski definition) is 0. The maximum Gasteiger partial charge on any atom is 0.119 e. The number of imidazole rings is 1. The predicted molar refractivity (Wildman–Crippen MR) is 124 cm³/mol. The first-order chi connectivity index (χ1) is 14.7. The van der Waals surface area contributed by atoms with Gasteiger partial charge >= 0.3 is 0 Å². The summed E-state index contributed by atoms with van der Waals surface area (Å²) in [7, 11) is 0. The molecule has 30 heavy (non-hydrogen) atoms. The fraction of sp³-hybridized carbons (Fsp3) is 0.296. The van der Waals surface area contributed by atoms with E-state index in [4.69, 9.17) is 9.72 Å². The molecule has 0 aliphatic rings. The summed E-state index contributed by atoms with van der Waals surface area (Å²) >= 11 is 0. The number of benzene rings is 3. The van der Waals surface area contributed by atoms with Gasteiger partial charge in [-0.1, -0.05) is 48.5 Å². The number of para-hydroxylation sites is 2. The van der Waals surface area contributed by atoms with Gasteiger partial charge in [0.2, 0.25) is 0 Å². The molecule has 0 atom stereocenters. The molecular weight excluding hydrogens is 368 g/mol. The smallest absolute Gasteiger partial charge is 0.119 e. The fourth-order valence-corrected chi connectivity index (χ4v) is 3.83. The zero-order chi connectivity index (χ0) is 20.8. The molecular formula is C27H30N2O. The Morgan fingerprint density at radius 2 is 1.60 bits per heavy atom. The van der Waals surface area contributed by atoms with E-state index >= 15 is 0 Å². The number of nitrogens with zero attached hydrogens (tertiary/aromatic N) is 2. The van der Waals surface area contributed by atoms with Crippen molar-refractivity contribution in [1.82, 2.24) is 9.55 Å². The van der Waals surface area contributed by atoms with Crippen LogP contribution in [0.15, 0.2) is 72.8 Å². The van der Waals surface area contributed by atoms with Gasteiger partial charge in [-0.2, -0.15) is 0 Å². The van der Waals surface area contributed by atoms with Crippen LogP contribution >= 0.6 is 0 Å². The van der Waals surface area contributed by atoms with Gasteiger partial charge in [0.1, 0.15) is 11.6 Å². The summed E-state index contributed by atoms with van der Waals surface area (Å²) < 4.78 is 8.36. The number of hydrogen-bond acceptors (Lipinski definition) is 2. The van der Waals surface area contributed by atoms with Gasteiger partial charge in [0, 0.05) is 13.0 Å². The number of aromatic nitrogens is 2. The van der Waals surface area contributed by atoms with Crippen LogP contribution in [0.3, 0.4) is 0 Å². The van der Waals surface area contributed by atoms with Crippen molar-refractivity contribution < 1.29 is 4.74 Å². The summed E-state index contributed by atoms with van der Waals surface area (Å²) in [6, 6.07) is 25.4. The van der Waals surface area contributed by atoms with Crippen LogP contribution in [-0.2, 0) is 19.4 Å². The molecule has 4 aromatic rings. The normalized spacial score (nSPS) is 11.1. The Balaban J connectivity index is 1.37. The van der Waals surface area contributed by atoms with E-state index in [1.165, 1.54) is 28.0 Å².